The van der Waals surface area contributed by atoms with Crippen LogP contribution < -0.4 is 5.32 Å². The smallest absolute Gasteiger partial charge is 0.270 e. The molecule has 0 aromatic heterocycles. The average molecular weight is 353 g/mol. The maximum atomic E-state index is 12.2. The van der Waals surface area contributed by atoms with Crippen LogP contribution in [0.3, 0.4) is 0 Å². The van der Waals surface area contributed by atoms with Gasteiger partial charge in [0.25, 0.3) is 11.6 Å². The molecular formula is C20H23N3O3. The molecule has 1 amide bonds. The molecule has 0 spiro atoms. The van der Waals surface area contributed by atoms with Crippen molar-refractivity contribution in [2.75, 3.05) is 19.6 Å². The van der Waals surface area contributed by atoms with Gasteiger partial charge in [0, 0.05) is 30.8 Å². The second-order valence-electron chi connectivity index (χ2n) is 6.72. The summed E-state index contributed by atoms with van der Waals surface area (Å²) in [5.74, 6) is 0.199. The van der Waals surface area contributed by atoms with Gasteiger partial charge in [-0.25, -0.2) is 0 Å². The lowest BCUT2D eigenvalue weighted by Crippen LogP contribution is -2.38. The van der Waals surface area contributed by atoms with E-state index in [0.717, 1.165) is 32.5 Å². The maximum absolute atomic E-state index is 12.2. The first-order valence-electron chi connectivity index (χ1n) is 8.91. The molecule has 1 fully saturated rings. The molecule has 2 aromatic rings. The number of rotatable bonds is 6. The van der Waals surface area contributed by atoms with Crippen LogP contribution >= 0.6 is 0 Å². The summed E-state index contributed by atoms with van der Waals surface area (Å²) in [7, 11) is 0. The predicted octanol–water partition coefficient (Wildman–Crippen LogP) is 3.24. The number of carbonyl (C=O) groups is 1. The summed E-state index contributed by atoms with van der Waals surface area (Å²) in [5.41, 5.74) is 1.59. The number of nitro benzene ring substituents is 1. The van der Waals surface area contributed by atoms with Crippen LogP contribution in [0, 0.1) is 16.0 Å². The summed E-state index contributed by atoms with van der Waals surface area (Å²) < 4.78 is 0. The number of carbonyl (C=O) groups excluding carboxylic acids is 1. The Morgan fingerprint density at radius 1 is 1.12 bits per heavy atom. The first kappa shape index (κ1) is 18.1. The minimum Gasteiger partial charge on any atom is -0.352 e. The van der Waals surface area contributed by atoms with E-state index in [1.54, 1.807) is 6.07 Å². The fourth-order valence-electron chi connectivity index (χ4n) is 3.29. The third kappa shape index (κ3) is 4.89. The topological polar surface area (TPSA) is 75.5 Å². The van der Waals surface area contributed by atoms with Crippen molar-refractivity contribution in [2.24, 2.45) is 5.92 Å². The summed E-state index contributed by atoms with van der Waals surface area (Å²) in [6.07, 6.45) is 2.09. The zero-order valence-corrected chi connectivity index (χ0v) is 14.6. The molecule has 0 radical (unpaired) electrons. The first-order valence-corrected chi connectivity index (χ1v) is 8.91. The number of piperidine rings is 1. The zero-order valence-electron chi connectivity index (χ0n) is 14.6. The molecule has 1 aliphatic heterocycles. The molecule has 6 heteroatoms. The third-order valence-electron chi connectivity index (χ3n) is 4.83. The van der Waals surface area contributed by atoms with Gasteiger partial charge in [-0.2, -0.15) is 0 Å². The van der Waals surface area contributed by atoms with Crippen molar-refractivity contribution in [2.45, 2.75) is 19.4 Å². The van der Waals surface area contributed by atoms with E-state index in [2.05, 4.69) is 34.5 Å². The molecule has 6 nitrogen and oxygen atoms in total. The van der Waals surface area contributed by atoms with Crippen LogP contribution in [0.15, 0.2) is 54.6 Å². The number of hydrogen-bond donors (Lipinski definition) is 1. The summed E-state index contributed by atoms with van der Waals surface area (Å²) in [6.45, 7) is 3.62. The van der Waals surface area contributed by atoms with E-state index in [4.69, 9.17) is 0 Å². The van der Waals surface area contributed by atoms with Gasteiger partial charge < -0.3 is 5.32 Å². The number of benzene rings is 2. The molecule has 136 valence electrons. The molecule has 1 heterocycles. The van der Waals surface area contributed by atoms with E-state index >= 15 is 0 Å². The SMILES string of the molecule is O=C(NCC1CCN(Cc2ccccc2)CC1)c1cccc([N+](=O)[O-])c1. The van der Waals surface area contributed by atoms with Crippen molar-refractivity contribution in [3.8, 4) is 0 Å². The lowest BCUT2D eigenvalue weighted by molar-refractivity contribution is -0.384. The predicted molar refractivity (Wildman–Crippen MR) is 99.9 cm³/mol. The van der Waals surface area contributed by atoms with Gasteiger partial charge in [-0.3, -0.25) is 19.8 Å². The van der Waals surface area contributed by atoms with E-state index in [1.165, 1.54) is 23.8 Å². The molecule has 2 aromatic carbocycles. The number of nitro groups is 1. The second kappa shape index (κ2) is 8.58. The van der Waals surface area contributed by atoms with Crippen LogP contribution in [0.25, 0.3) is 0 Å². The van der Waals surface area contributed by atoms with Crippen molar-refractivity contribution in [3.63, 3.8) is 0 Å². The lowest BCUT2D eigenvalue weighted by atomic mass is 9.96. The quantitative estimate of drug-likeness (QED) is 0.639. The van der Waals surface area contributed by atoms with Crippen LogP contribution in [-0.4, -0.2) is 35.4 Å². The molecule has 1 saturated heterocycles. The van der Waals surface area contributed by atoms with E-state index in [0.29, 0.717) is 18.0 Å². The summed E-state index contributed by atoms with van der Waals surface area (Å²) >= 11 is 0. The largest absolute Gasteiger partial charge is 0.352 e. The van der Waals surface area contributed by atoms with Crippen molar-refractivity contribution in [1.29, 1.82) is 0 Å². The van der Waals surface area contributed by atoms with E-state index in [9.17, 15) is 14.9 Å². The molecule has 0 saturated carbocycles. The van der Waals surface area contributed by atoms with Crippen LogP contribution in [0.4, 0.5) is 5.69 Å². The van der Waals surface area contributed by atoms with E-state index in [1.807, 2.05) is 6.07 Å². The fourth-order valence-corrected chi connectivity index (χ4v) is 3.29. The number of amides is 1. The molecule has 1 N–H and O–H groups in total. The van der Waals surface area contributed by atoms with Gasteiger partial charge in [0.05, 0.1) is 4.92 Å². The highest BCUT2D eigenvalue weighted by molar-refractivity contribution is 5.94. The Morgan fingerprint density at radius 3 is 2.54 bits per heavy atom. The maximum Gasteiger partial charge on any atom is 0.270 e. The molecule has 0 atom stereocenters. The van der Waals surface area contributed by atoms with Crippen molar-refractivity contribution >= 4 is 11.6 Å². The monoisotopic (exact) mass is 353 g/mol. The van der Waals surface area contributed by atoms with Gasteiger partial charge in [0.1, 0.15) is 0 Å². The van der Waals surface area contributed by atoms with Crippen molar-refractivity contribution in [1.82, 2.24) is 10.2 Å². The van der Waals surface area contributed by atoms with Gasteiger partial charge in [0.15, 0.2) is 0 Å². The minimum atomic E-state index is -0.487. The lowest BCUT2D eigenvalue weighted by Gasteiger charge is -2.32. The van der Waals surface area contributed by atoms with Crippen molar-refractivity contribution in [3.05, 3.63) is 75.8 Å². The molecule has 0 bridgehead atoms. The standard InChI is InChI=1S/C20H23N3O3/c24-20(18-7-4-8-19(13-18)23(25)26)21-14-16-9-11-22(12-10-16)15-17-5-2-1-3-6-17/h1-8,13,16H,9-12,14-15H2,(H,21,24). The fraction of sp³-hybridized carbons (Fsp3) is 0.350. The van der Waals surface area contributed by atoms with Gasteiger partial charge in [-0.05, 0) is 43.5 Å². The Balaban J connectivity index is 1.44. The number of hydrogen-bond acceptors (Lipinski definition) is 4. The summed E-state index contributed by atoms with van der Waals surface area (Å²) in [5, 5.41) is 13.7. The van der Waals surface area contributed by atoms with Crippen molar-refractivity contribution < 1.29 is 9.72 Å². The Kier molecular flexibility index (Phi) is 5.96. The van der Waals surface area contributed by atoms with Crippen LogP contribution in [0.2, 0.25) is 0 Å². The molecular weight excluding hydrogens is 330 g/mol. The Hall–Kier alpha value is -2.73. The van der Waals surface area contributed by atoms with Gasteiger partial charge in [-0.1, -0.05) is 36.4 Å². The minimum absolute atomic E-state index is 0.0631. The van der Waals surface area contributed by atoms with Crippen LogP contribution in [0.1, 0.15) is 28.8 Å². The number of nitrogens with zero attached hydrogens (tertiary/aromatic N) is 2. The number of likely N-dealkylation sites (tertiary alicyclic amines) is 1. The molecule has 0 aliphatic carbocycles. The molecule has 1 aliphatic rings. The normalized spacial score (nSPS) is 15.5. The van der Waals surface area contributed by atoms with Crippen LogP contribution in [-0.2, 0) is 6.54 Å². The molecule has 0 unspecified atom stereocenters. The zero-order chi connectivity index (χ0) is 18.4. The number of nitrogens with one attached hydrogen (secondary N) is 1. The first-order chi connectivity index (χ1) is 12.6. The average Bonchev–Trinajstić information content (AvgIpc) is 2.68. The Bertz CT molecular complexity index is 756. The third-order valence-corrected chi connectivity index (χ3v) is 4.83. The highest BCUT2D eigenvalue weighted by atomic mass is 16.6. The molecule has 26 heavy (non-hydrogen) atoms. The van der Waals surface area contributed by atoms with Gasteiger partial charge in [0.2, 0.25) is 0 Å². The van der Waals surface area contributed by atoms with Gasteiger partial charge >= 0.3 is 0 Å². The highest BCUT2D eigenvalue weighted by Crippen LogP contribution is 2.19. The Labute approximate surface area is 153 Å². The summed E-state index contributed by atoms with van der Waals surface area (Å²) in [4.78, 5) is 25.0. The summed E-state index contributed by atoms with van der Waals surface area (Å²) in [6, 6.07) is 16.3. The second-order valence-corrected chi connectivity index (χ2v) is 6.72. The van der Waals surface area contributed by atoms with E-state index < -0.39 is 4.92 Å². The molecule has 3 rings (SSSR count). The Morgan fingerprint density at radius 2 is 1.85 bits per heavy atom. The van der Waals surface area contributed by atoms with E-state index in [-0.39, 0.29) is 11.6 Å². The highest BCUT2D eigenvalue weighted by Gasteiger charge is 2.20. The van der Waals surface area contributed by atoms with Crippen LogP contribution in [0.5, 0.6) is 0 Å². The number of non-ortho nitro benzene ring substituents is 1. The van der Waals surface area contributed by atoms with Gasteiger partial charge in [-0.15, -0.1) is 0 Å².